The summed E-state index contributed by atoms with van der Waals surface area (Å²) in [6.45, 7) is 6.19. The van der Waals surface area contributed by atoms with Crippen LogP contribution in [0.2, 0.25) is 0 Å². The van der Waals surface area contributed by atoms with E-state index in [0.717, 1.165) is 40.0 Å². The number of hydrogen-bond acceptors (Lipinski definition) is 5. The monoisotopic (exact) mass is 426 g/mol. The number of para-hydroxylation sites is 1. The second-order valence-corrected chi connectivity index (χ2v) is 8.85. The quantitative estimate of drug-likeness (QED) is 0.513. The summed E-state index contributed by atoms with van der Waals surface area (Å²) >= 11 is 3.14. The first-order chi connectivity index (χ1) is 14.0. The minimum atomic E-state index is -0.0300. The third-order valence-corrected chi connectivity index (χ3v) is 6.68. The average molecular weight is 427 g/mol. The molecule has 0 saturated carbocycles. The van der Waals surface area contributed by atoms with Gasteiger partial charge in [-0.1, -0.05) is 54.6 Å². The van der Waals surface area contributed by atoms with E-state index < -0.39 is 0 Å². The minimum absolute atomic E-state index is 0.0300. The van der Waals surface area contributed by atoms with Gasteiger partial charge in [0.25, 0.3) is 0 Å². The number of rotatable bonds is 8. The van der Waals surface area contributed by atoms with Crippen molar-refractivity contribution < 1.29 is 4.79 Å². The first kappa shape index (κ1) is 21.5. The molecule has 2 aromatic carbocycles. The van der Waals surface area contributed by atoms with Crippen LogP contribution in [0.1, 0.15) is 29.4 Å². The van der Waals surface area contributed by atoms with Crippen LogP contribution in [-0.4, -0.2) is 26.4 Å². The van der Waals surface area contributed by atoms with Crippen LogP contribution < -0.4 is 5.32 Å². The third-order valence-electron chi connectivity index (χ3n) is 4.65. The lowest BCUT2D eigenvalue weighted by Crippen LogP contribution is -2.16. The van der Waals surface area contributed by atoms with Crippen LogP contribution in [0.3, 0.4) is 0 Å². The Bertz CT molecular complexity index is 983. The lowest BCUT2D eigenvalue weighted by molar-refractivity contribution is -0.113. The highest BCUT2D eigenvalue weighted by molar-refractivity contribution is 7.99. The van der Waals surface area contributed by atoms with E-state index in [1.807, 2.05) is 30.7 Å². The Balaban J connectivity index is 1.56. The van der Waals surface area contributed by atoms with Gasteiger partial charge in [-0.3, -0.25) is 4.79 Å². The zero-order chi connectivity index (χ0) is 20.8. The van der Waals surface area contributed by atoms with Gasteiger partial charge in [0, 0.05) is 17.6 Å². The van der Waals surface area contributed by atoms with Crippen LogP contribution in [0, 0.1) is 13.8 Å². The highest BCUT2D eigenvalue weighted by atomic mass is 32.2. The van der Waals surface area contributed by atoms with Crippen molar-refractivity contribution in [1.29, 1.82) is 0 Å². The molecule has 0 aliphatic carbocycles. The van der Waals surface area contributed by atoms with E-state index in [4.69, 9.17) is 0 Å². The van der Waals surface area contributed by atoms with Crippen molar-refractivity contribution in [3.63, 3.8) is 0 Å². The van der Waals surface area contributed by atoms with Crippen LogP contribution in [-0.2, 0) is 24.0 Å². The summed E-state index contributed by atoms with van der Waals surface area (Å²) in [5.41, 5.74) is 4.41. The van der Waals surface area contributed by atoms with Gasteiger partial charge < -0.3 is 9.88 Å². The normalized spacial score (nSPS) is 10.9. The highest BCUT2D eigenvalue weighted by Crippen LogP contribution is 2.25. The maximum atomic E-state index is 12.5. The second kappa shape index (κ2) is 9.98. The van der Waals surface area contributed by atoms with Crippen LogP contribution >= 0.6 is 23.5 Å². The first-order valence-corrected chi connectivity index (χ1v) is 11.5. The number of nitrogens with one attached hydrogen (secondary N) is 1. The number of amides is 1. The number of benzene rings is 2. The summed E-state index contributed by atoms with van der Waals surface area (Å²) in [4.78, 5) is 13.7. The van der Waals surface area contributed by atoms with Crippen molar-refractivity contribution in [3.8, 4) is 0 Å². The largest absolute Gasteiger partial charge is 0.325 e. The standard InChI is InChI=1S/C22H26N4OS2/c1-5-17-8-6-7-16(3)21(17)23-20(27)14-29-22-25-24-19(26(22)4)13-28-18-11-9-15(2)10-12-18/h6-12H,5,13-14H2,1-4H3,(H,23,27). The molecule has 0 aliphatic heterocycles. The van der Waals surface area contributed by atoms with Crippen LogP contribution in [0.4, 0.5) is 5.69 Å². The Hall–Kier alpha value is -2.25. The molecule has 0 radical (unpaired) electrons. The molecule has 0 fully saturated rings. The lowest BCUT2D eigenvalue weighted by atomic mass is 10.1. The van der Waals surface area contributed by atoms with E-state index in [0.29, 0.717) is 5.75 Å². The molecule has 3 aromatic rings. The molecule has 3 rings (SSSR count). The molecule has 5 nitrogen and oxygen atoms in total. The van der Waals surface area contributed by atoms with Crippen LogP contribution in [0.5, 0.6) is 0 Å². The summed E-state index contributed by atoms with van der Waals surface area (Å²) in [7, 11) is 1.95. The summed E-state index contributed by atoms with van der Waals surface area (Å²) in [5, 5.41) is 12.4. The van der Waals surface area contributed by atoms with Gasteiger partial charge in [0.2, 0.25) is 5.91 Å². The molecule has 1 heterocycles. The van der Waals surface area contributed by atoms with Gasteiger partial charge in [0.15, 0.2) is 5.16 Å². The van der Waals surface area contributed by atoms with E-state index in [2.05, 4.69) is 59.7 Å². The Morgan fingerprint density at radius 3 is 2.55 bits per heavy atom. The Labute approximate surface area is 180 Å². The fourth-order valence-electron chi connectivity index (χ4n) is 2.89. The van der Waals surface area contributed by atoms with E-state index >= 15 is 0 Å². The molecule has 0 spiro atoms. The number of carbonyl (C=O) groups is 1. The lowest BCUT2D eigenvalue weighted by Gasteiger charge is -2.12. The van der Waals surface area contributed by atoms with E-state index in [9.17, 15) is 4.79 Å². The highest BCUT2D eigenvalue weighted by Gasteiger charge is 2.13. The third kappa shape index (κ3) is 5.64. The first-order valence-electron chi connectivity index (χ1n) is 9.56. The number of hydrogen-bond donors (Lipinski definition) is 1. The number of carbonyl (C=O) groups excluding carboxylic acids is 1. The SMILES string of the molecule is CCc1cccc(C)c1NC(=O)CSc1nnc(CSc2ccc(C)cc2)n1C. The maximum absolute atomic E-state index is 12.5. The summed E-state index contributed by atoms with van der Waals surface area (Å²) in [6, 6.07) is 14.5. The van der Waals surface area contributed by atoms with Crippen molar-refractivity contribution in [2.75, 3.05) is 11.1 Å². The van der Waals surface area contributed by atoms with Crippen molar-refractivity contribution in [3.05, 3.63) is 65.0 Å². The smallest absolute Gasteiger partial charge is 0.234 e. The number of aromatic nitrogens is 3. The second-order valence-electron chi connectivity index (χ2n) is 6.86. The Morgan fingerprint density at radius 2 is 1.83 bits per heavy atom. The minimum Gasteiger partial charge on any atom is -0.325 e. The number of thioether (sulfide) groups is 2. The molecule has 1 N–H and O–H groups in total. The van der Waals surface area contributed by atoms with E-state index in [-0.39, 0.29) is 5.91 Å². The van der Waals surface area contributed by atoms with Gasteiger partial charge in [0.1, 0.15) is 5.82 Å². The molecule has 7 heteroatoms. The molecule has 0 aliphatic rings. The van der Waals surface area contributed by atoms with E-state index in [1.54, 1.807) is 11.8 Å². The molecule has 152 valence electrons. The van der Waals surface area contributed by atoms with Crippen molar-refractivity contribution in [2.45, 2.75) is 43.0 Å². The molecule has 0 atom stereocenters. The van der Waals surface area contributed by atoms with E-state index in [1.165, 1.54) is 22.2 Å². The molecule has 1 aromatic heterocycles. The maximum Gasteiger partial charge on any atom is 0.234 e. The predicted molar refractivity (Wildman–Crippen MR) is 122 cm³/mol. The van der Waals surface area contributed by atoms with Gasteiger partial charge in [-0.15, -0.1) is 22.0 Å². The number of aryl methyl sites for hydroxylation is 3. The fourth-order valence-corrected chi connectivity index (χ4v) is 4.49. The average Bonchev–Trinajstić information content (AvgIpc) is 3.07. The van der Waals surface area contributed by atoms with Crippen molar-refractivity contribution in [1.82, 2.24) is 14.8 Å². The molecular weight excluding hydrogens is 400 g/mol. The van der Waals surface area contributed by atoms with Gasteiger partial charge >= 0.3 is 0 Å². The van der Waals surface area contributed by atoms with Crippen molar-refractivity contribution >= 4 is 35.1 Å². The Morgan fingerprint density at radius 1 is 1.07 bits per heavy atom. The molecular formula is C22H26N4OS2. The summed E-state index contributed by atoms with van der Waals surface area (Å²) in [5.74, 6) is 1.90. The topological polar surface area (TPSA) is 59.8 Å². The van der Waals surface area contributed by atoms with Crippen molar-refractivity contribution in [2.24, 2.45) is 7.05 Å². The zero-order valence-corrected chi connectivity index (χ0v) is 18.9. The molecule has 0 unspecified atom stereocenters. The molecule has 1 amide bonds. The van der Waals surface area contributed by atoms with Gasteiger partial charge in [-0.05, 0) is 43.5 Å². The fraction of sp³-hybridized carbons (Fsp3) is 0.318. The zero-order valence-electron chi connectivity index (χ0n) is 17.2. The van der Waals surface area contributed by atoms with Gasteiger partial charge in [-0.2, -0.15) is 0 Å². The predicted octanol–water partition coefficient (Wildman–Crippen LogP) is 5.02. The molecule has 0 bridgehead atoms. The summed E-state index contributed by atoms with van der Waals surface area (Å²) in [6.07, 6.45) is 0.885. The van der Waals surface area contributed by atoms with Gasteiger partial charge in [0.05, 0.1) is 11.5 Å². The molecule has 0 saturated heterocycles. The number of nitrogens with zero attached hydrogens (tertiary/aromatic N) is 3. The van der Waals surface area contributed by atoms with Crippen LogP contribution in [0.25, 0.3) is 0 Å². The summed E-state index contributed by atoms with van der Waals surface area (Å²) < 4.78 is 1.96. The van der Waals surface area contributed by atoms with Crippen LogP contribution in [0.15, 0.2) is 52.5 Å². The Kier molecular flexibility index (Phi) is 7.39. The molecule has 29 heavy (non-hydrogen) atoms. The van der Waals surface area contributed by atoms with Gasteiger partial charge in [-0.25, -0.2) is 0 Å². The number of anilines is 1.